The summed E-state index contributed by atoms with van der Waals surface area (Å²) in [7, 11) is 0. The normalized spacial score (nSPS) is 32.8. The number of hydrogen-bond acceptors (Lipinski definition) is 1. The first-order valence-electron chi connectivity index (χ1n) is 5.79. The van der Waals surface area contributed by atoms with Gasteiger partial charge in [0.25, 0.3) is 0 Å². The zero-order chi connectivity index (χ0) is 10.0. The van der Waals surface area contributed by atoms with Crippen LogP contribution in [0.5, 0.6) is 0 Å². The summed E-state index contributed by atoms with van der Waals surface area (Å²) < 4.78 is 0. The highest BCUT2D eigenvalue weighted by molar-refractivity contribution is 4.86. The van der Waals surface area contributed by atoms with E-state index in [1.165, 1.54) is 19.3 Å². The average molecular weight is 183 g/mol. The minimum absolute atomic E-state index is 0.771. The second-order valence-electron chi connectivity index (χ2n) is 5.20. The fraction of sp³-hybridized carbons (Fsp3) is 1.00. The first-order chi connectivity index (χ1) is 6.02. The van der Waals surface area contributed by atoms with Gasteiger partial charge in [-0.05, 0) is 46.0 Å². The van der Waals surface area contributed by atoms with Gasteiger partial charge in [0.1, 0.15) is 0 Å². The van der Waals surface area contributed by atoms with Crippen LogP contribution in [0.1, 0.15) is 53.9 Å². The van der Waals surface area contributed by atoms with Crippen LogP contribution in [0.4, 0.5) is 0 Å². The Morgan fingerprint density at radius 1 is 1.08 bits per heavy atom. The second-order valence-corrected chi connectivity index (χ2v) is 5.20. The Labute approximate surface area is 83.5 Å². The van der Waals surface area contributed by atoms with Crippen LogP contribution in [0, 0.1) is 5.92 Å². The van der Waals surface area contributed by atoms with Crippen molar-refractivity contribution in [1.29, 1.82) is 0 Å². The molecule has 0 spiro atoms. The Hall–Kier alpha value is -0.0400. The van der Waals surface area contributed by atoms with Crippen LogP contribution in [0.3, 0.4) is 0 Å². The molecule has 1 aliphatic rings. The lowest BCUT2D eigenvalue weighted by Crippen LogP contribution is -2.40. The lowest BCUT2D eigenvalue weighted by atomic mass is 10.0. The van der Waals surface area contributed by atoms with Crippen molar-refractivity contribution in [2.24, 2.45) is 5.92 Å². The fourth-order valence-corrected chi connectivity index (χ4v) is 2.89. The molecule has 13 heavy (non-hydrogen) atoms. The molecule has 0 aliphatic carbocycles. The Balaban J connectivity index is 2.48. The van der Waals surface area contributed by atoms with Gasteiger partial charge in [-0.25, -0.2) is 0 Å². The molecule has 0 bridgehead atoms. The number of hydrogen-bond donors (Lipinski definition) is 0. The highest BCUT2D eigenvalue weighted by Gasteiger charge is 2.30. The van der Waals surface area contributed by atoms with Gasteiger partial charge in [-0.2, -0.15) is 0 Å². The summed E-state index contributed by atoms with van der Waals surface area (Å²) in [6.45, 7) is 11.8. The first-order valence-corrected chi connectivity index (χ1v) is 5.79. The van der Waals surface area contributed by atoms with Gasteiger partial charge in [-0.3, -0.25) is 4.90 Å². The average Bonchev–Trinajstić information content (AvgIpc) is 2.29. The largest absolute Gasteiger partial charge is 0.295 e. The lowest BCUT2D eigenvalue weighted by molar-refractivity contribution is 0.138. The predicted molar refractivity (Wildman–Crippen MR) is 58.9 cm³/mol. The van der Waals surface area contributed by atoms with Crippen LogP contribution in [-0.4, -0.2) is 23.0 Å². The topological polar surface area (TPSA) is 3.24 Å². The van der Waals surface area contributed by atoms with Crippen LogP contribution < -0.4 is 0 Å². The molecule has 0 saturated carbocycles. The Kier molecular flexibility index (Phi) is 3.78. The van der Waals surface area contributed by atoms with E-state index in [9.17, 15) is 0 Å². The van der Waals surface area contributed by atoms with Crippen molar-refractivity contribution in [2.75, 3.05) is 0 Å². The summed E-state index contributed by atoms with van der Waals surface area (Å²) in [4.78, 5) is 2.71. The van der Waals surface area contributed by atoms with E-state index in [0.29, 0.717) is 0 Å². The van der Waals surface area contributed by atoms with Crippen molar-refractivity contribution < 1.29 is 0 Å². The lowest BCUT2D eigenvalue weighted by Gasteiger charge is -2.33. The van der Waals surface area contributed by atoms with E-state index in [0.717, 1.165) is 24.0 Å². The van der Waals surface area contributed by atoms with Gasteiger partial charge in [-0.15, -0.1) is 0 Å². The van der Waals surface area contributed by atoms with Crippen LogP contribution in [0.2, 0.25) is 0 Å². The van der Waals surface area contributed by atoms with Crippen molar-refractivity contribution in [3.63, 3.8) is 0 Å². The smallest absolute Gasteiger partial charge is 0.00750 e. The quantitative estimate of drug-likeness (QED) is 0.649. The molecular formula is C12H25N. The zero-order valence-electron chi connectivity index (χ0n) is 9.88. The van der Waals surface area contributed by atoms with Gasteiger partial charge < -0.3 is 0 Å². The van der Waals surface area contributed by atoms with Gasteiger partial charge >= 0.3 is 0 Å². The van der Waals surface area contributed by atoms with E-state index in [2.05, 4.69) is 39.5 Å². The van der Waals surface area contributed by atoms with Crippen molar-refractivity contribution >= 4 is 0 Å². The van der Waals surface area contributed by atoms with E-state index >= 15 is 0 Å². The molecule has 1 aliphatic heterocycles. The van der Waals surface area contributed by atoms with Crippen molar-refractivity contribution in [1.82, 2.24) is 4.90 Å². The number of nitrogens with zero attached hydrogens (tertiary/aromatic N) is 1. The van der Waals surface area contributed by atoms with Gasteiger partial charge in [0.2, 0.25) is 0 Å². The monoisotopic (exact) mass is 183 g/mol. The maximum absolute atomic E-state index is 2.71. The molecule has 1 saturated heterocycles. The molecule has 1 nitrogen and oxygen atoms in total. The summed E-state index contributed by atoms with van der Waals surface area (Å²) in [5.74, 6) is 0.829. The van der Waals surface area contributed by atoms with Gasteiger partial charge in [0.15, 0.2) is 0 Å². The van der Waals surface area contributed by atoms with Crippen molar-refractivity contribution in [3.05, 3.63) is 0 Å². The highest BCUT2D eigenvalue weighted by atomic mass is 15.2. The van der Waals surface area contributed by atoms with Crippen LogP contribution in [0.25, 0.3) is 0 Å². The van der Waals surface area contributed by atoms with Gasteiger partial charge in [-0.1, -0.05) is 13.8 Å². The van der Waals surface area contributed by atoms with E-state index < -0.39 is 0 Å². The third-order valence-corrected chi connectivity index (χ3v) is 3.34. The maximum Gasteiger partial charge on any atom is 0.00750 e. The molecule has 0 amide bonds. The van der Waals surface area contributed by atoms with Gasteiger partial charge in [0.05, 0.1) is 0 Å². The van der Waals surface area contributed by atoms with E-state index in [-0.39, 0.29) is 0 Å². The zero-order valence-corrected chi connectivity index (χ0v) is 9.88. The Morgan fingerprint density at radius 2 is 1.54 bits per heavy atom. The molecular weight excluding hydrogens is 158 g/mol. The Bertz CT molecular complexity index is 143. The molecule has 0 aromatic carbocycles. The van der Waals surface area contributed by atoms with Gasteiger partial charge in [0, 0.05) is 18.1 Å². The molecule has 0 aromatic rings. The summed E-state index contributed by atoms with van der Waals surface area (Å²) in [6, 6.07) is 2.39. The number of rotatable bonds is 3. The third kappa shape index (κ3) is 2.70. The molecule has 0 N–H and O–H groups in total. The summed E-state index contributed by atoms with van der Waals surface area (Å²) in [5, 5.41) is 0. The van der Waals surface area contributed by atoms with Crippen LogP contribution in [-0.2, 0) is 0 Å². The molecule has 1 fully saturated rings. The minimum Gasteiger partial charge on any atom is -0.295 e. The molecule has 1 rings (SSSR count). The molecule has 78 valence electrons. The maximum atomic E-state index is 2.71. The standard InChI is InChI=1S/C12H25N/c1-9(2)8-12(5)13-10(3)6-7-11(13)4/h9-12H,6-8H2,1-5H3/t10-,11-,12+/m1/s1. The molecule has 1 heteroatoms. The van der Waals surface area contributed by atoms with E-state index in [1.54, 1.807) is 0 Å². The first kappa shape index (κ1) is 11.0. The summed E-state index contributed by atoms with van der Waals surface area (Å²) >= 11 is 0. The minimum atomic E-state index is 0.771. The van der Waals surface area contributed by atoms with Crippen LogP contribution in [0.15, 0.2) is 0 Å². The highest BCUT2D eigenvalue weighted by Crippen LogP contribution is 2.28. The molecule has 0 aromatic heterocycles. The summed E-state index contributed by atoms with van der Waals surface area (Å²) in [5.41, 5.74) is 0. The van der Waals surface area contributed by atoms with E-state index in [1.807, 2.05) is 0 Å². The van der Waals surface area contributed by atoms with Crippen molar-refractivity contribution in [2.45, 2.75) is 72.0 Å². The van der Waals surface area contributed by atoms with Crippen LogP contribution >= 0.6 is 0 Å². The fourth-order valence-electron chi connectivity index (χ4n) is 2.89. The molecule has 3 atom stereocenters. The SMILES string of the molecule is CC(C)C[C@H](C)N1[C@H](C)CC[C@H]1C. The van der Waals surface area contributed by atoms with Crippen molar-refractivity contribution in [3.8, 4) is 0 Å². The predicted octanol–water partition coefficient (Wildman–Crippen LogP) is 3.29. The number of likely N-dealkylation sites (tertiary alicyclic amines) is 1. The third-order valence-electron chi connectivity index (χ3n) is 3.34. The summed E-state index contributed by atoms with van der Waals surface area (Å²) in [6.07, 6.45) is 4.13. The molecule has 0 radical (unpaired) electrons. The molecule has 1 heterocycles. The van der Waals surface area contributed by atoms with E-state index in [4.69, 9.17) is 0 Å². The molecule has 0 unspecified atom stereocenters. The Morgan fingerprint density at radius 3 is 1.92 bits per heavy atom. The second kappa shape index (κ2) is 4.45.